The van der Waals surface area contributed by atoms with Crippen LogP contribution in [0.25, 0.3) is 0 Å². The number of non-ortho nitro benzene ring substituents is 2. The molecule has 0 radical (unpaired) electrons. The van der Waals surface area contributed by atoms with Gasteiger partial charge >= 0.3 is 0 Å². The van der Waals surface area contributed by atoms with E-state index in [0.717, 1.165) is 12.1 Å². The molecule has 4 N–H and O–H groups in total. The minimum atomic E-state index is -3.94. The third kappa shape index (κ3) is 6.63. The second-order valence-electron chi connectivity index (χ2n) is 5.91. The van der Waals surface area contributed by atoms with Crippen molar-refractivity contribution in [2.45, 2.75) is 14.9 Å². The van der Waals surface area contributed by atoms with Crippen molar-refractivity contribution in [1.29, 1.82) is 0 Å². The van der Waals surface area contributed by atoms with E-state index < -0.39 is 52.7 Å². The number of halogens is 3. The van der Waals surface area contributed by atoms with Gasteiger partial charge in [0.2, 0.25) is 13.8 Å². The molecular formula is C15H12Cl3N5O7S. The van der Waals surface area contributed by atoms with E-state index in [0.29, 0.717) is 6.07 Å². The molecule has 2 aromatic carbocycles. The van der Waals surface area contributed by atoms with Crippen LogP contribution in [0.5, 0.6) is 0 Å². The molecule has 0 bridgehead atoms. The number of nitro groups is 2. The minimum Gasteiger partial charge on any atom is -0.362 e. The fourth-order valence-electron chi connectivity index (χ4n) is 2.26. The lowest BCUT2D eigenvalue weighted by atomic mass is 10.1. The summed E-state index contributed by atoms with van der Waals surface area (Å²) in [5.74, 6) is -1.02. The molecule has 2 aromatic rings. The van der Waals surface area contributed by atoms with Gasteiger partial charge in [0.15, 0.2) is 0 Å². The molecule has 0 unspecified atom stereocenters. The lowest BCUT2D eigenvalue weighted by Gasteiger charge is -2.27. The second-order valence-corrected chi connectivity index (χ2v) is 9.84. The molecule has 2 rings (SSSR count). The molecule has 16 heteroatoms. The van der Waals surface area contributed by atoms with Gasteiger partial charge in [-0.05, 0) is 24.3 Å². The van der Waals surface area contributed by atoms with Crippen LogP contribution in [0.3, 0.4) is 0 Å². The highest BCUT2D eigenvalue weighted by atomic mass is 35.6. The number of sulfonamides is 1. The van der Waals surface area contributed by atoms with Crippen LogP contribution in [-0.2, 0) is 10.0 Å². The minimum absolute atomic E-state index is 0.184. The van der Waals surface area contributed by atoms with Gasteiger partial charge in [-0.15, -0.1) is 0 Å². The topological polar surface area (TPSA) is 188 Å². The number of nitrogens with one attached hydrogen (secondary N) is 2. The first kappa shape index (κ1) is 24.6. The number of hydrogen-bond acceptors (Lipinski definition) is 8. The number of carbonyl (C=O) groups is 1. The highest BCUT2D eigenvalue weighted by Gasteiger charge is 2.35. The average Bonchev–Trinajstić information content (AvgIpc) is 2.65. The van der Waals surface area contributed by atoms with Gasteiger partial charge in [0.1, 0.15) is 6.17 Å². The molecule has 0 saturated heterocycles. The summed E-state index contributed by atoms with van der Waals surface area (Å²) >= 11 is 17.6. The van der Waals surface area contributed by atoms with E-state index in [-0.39, 0.29) is 10.6 Å². The molecule has 166 valence electrons. The summed E-state index contributed by atoms with van der Waals surface area (Å²) < 4.78 is 20.5. The summed E-state index contributed by atoms with van der Waals surface area (Å²) in [5.41, 5.74) is -1.58. The van der Waals surface area contributed by atoms with E-state index in [9.17, 15) is 33.4 Å². The van der Waals surface area contributed by atoms with Crippen LogP contribution >= 0.6 is 34.8 Å². The molecule has 1 amide bonds. The zero-order valence-electron chi connectivity index (χ0n) is 15.0. The third-order valence-electron chi connectivity index (χ3n) is 3.68. The normalized spacial score (nSPS) is 12.6. The fourth-order valence-corrected chi connectivity index (χ4v) is 3.10. The van der Waals surface area contributed by atoms with Crippen molar-refractivity contribution < 1.29 is 23.1 Å². The number of nitrogens with two attached hydrogens (primary N) is 1. The van der Waals surface area contributed by atoms with E-state index in [2.05, 4.69) is 10.6 Å². The molecule has 0 spiro atoms. The van der Waals surface area contributed by atoms with Crippen LogP contribution in [0.4, 0.5) is 17.1 Å². The lowest BCUT2D eigenvalue weighted by molar-refractivity contribution is -0.394. The first-order chi connectivity index (χ1) is 14.2. The van der Waals surface area contributed by atoms with Gasteiger partial charge in [-0.2, -0.15) is 0 Å². The fraction of sp³-hybridized carbons (Fsp3) is 0.133. The Kier molecular flexibility index (Phi) is 7.28. The number of nitro benzene ring substituents is 2. The van der Waals surface area contributed by atoms with Crippen molar-refractivity contribution in [2.75, 3.05) is 5.32 Å². The lowest BCUT2D eigenvalue weighted by Crippen LogP contribution is -2.49. The number of anilines is 1. The van der Waals surface area contributed by atoms with Crippen LogP contribution < -0.4 is 15.8 Å². The van der Waals surface area contributed by atoms with Crippen LogP contribution in [0, 0.1) is 20.2 Å². The van der Waals surface area contributed by atoms with Crippen molar-refractivity contribution in [3.05, 3.63) is 68.3 Å². The quantitative estimate of drug-likeness (QED) is 0.218. The van der Waals surface area contributed by atoms with Gasteiger partial charge in [-0.3, -0.25) is 25.0 Å². The molecule has 0 aromatic heterocycles. The number of benzene rings is 2. The predicted molar refractivity (Wildman–Crippen MR) is 113 cm³/mol. The summed E-state index contributed by atoms with van der Waals surface area (Å²) in [4.78, 5) is 32.6. The van der Waals surface area contributed by atoms with Crippen LogP contribution in [-0.4, -0.2) is 34.1 Å². The Labute approximate surface area is 189 Å². The summed E-state index contributed by atoms with van der Waals surface area (Å²) in [6.45, 7) is 0. The van der Waals surface area contributed by atoms with Crippen LogP contribution in [0.1, 0.15) is 10.4 Å². The van der Waals surface area contributed by atoms with Gasteiger partial charge < -0.3 is 10.6 Å². The predicted octanol–water partition coefficient (Wildman–Crippen LogP) is 2.69. The number of nitrogens with zero attached hydrogens (tertiary/aromatic N) is 2. The van der Waals surface area contributed by atoms with Gasteiger partial charge in [0.25, 0.3) is 17.3 Å². The van der Waals surface area contributed by atoms with Crippen molar-refractivity contribution in [1.82, 2.24) is 5.32 Å². The van der Waals surface area contributed by atoms with Crippen LogP contribution in [0.2, 0.25) is 0 Å². The maximum Gasteiger partial charge on any atom is 0.277 e. The Morgan fingerprint density at radius 1 is 1.00 bits per heavy atom. The van der Waals surface area contributed by atoms with Crippen LogP contribution in [0.15, 0.2) is 47.4 Å². The monoisotopic (exact) mass is 511 g/mol. The van der Waals surface area contributed by atoms with Gasteiger partial charge in [-0.1, -0.05) is 34.8 Å². The largest absolute Gasteiger partial charge is 0.362 e. The van der Waals surface area contributed by atoms with Gasteiger partial charge in [0, 0.05) is 17.8 Å². The third-order valence-corrected chi connectivity index (χ3v) is 5.27. The highest BCUT2D eigenvalue weighted by molar-refractivity contribution is 7.89. The molecule has 0 aliphatic heterocycles. The summed E-state index contributed by atoms with van der Waals surface area (Å²) in [6, 6.07) is 7.23. The Balaban J connectivity index is 2.32. The molecule has 12 nitrogen and oxygen atoms in total. The SMILES string of the molecule is NS(=O)(=O)c1ccc(N[C@@H](NC(=O)c2cc([N+](=O)[O-])cc([N+](=O)[O-])c2)C(Cl)(Cl)Cl)cc1. The standard InChI is InChI=1S/C15H12Cl3N5O7S/c16-15(17,18)14(20-9-1-3-12(4-2-9)31(19,29)30)21-13(24)8-5-10(22(25)26)7-11(6-8)23(27)28/h1-7,14,20H,(H,21,24)(H2,19,29,30)/t14-/m0/s1. The molecule has 1 atom stereocenters. The van der Waals surface area contributed by atoms with E-state index in [4.69, 9.17) is 39.9 Å². The van der Waals surface area contributed by atoms with Gasteiger partial charge in [-0.25, -0.2) is 13.6 Å². The number of alkyl halides is 3. The van der Waals surface area contributed by atoms with E-state index in [1.165, 1.54) is 24.3 Å². The second kappa shape index (κ2) is 9.20. The summed E-state index contributed by atoms with van der Waals surface area (Å²) in [6.07, 6.45) is -1.43. The maximum absolute atomic E-state index is 12.6. The maximum atomic E-state index is 12.6. The van der Waals surface area contributed by atoms with E-state index >= 15 is 0 Å². The Morgan fingerprint density at radius 3 is 1.87 bits per heavy atom. The number of amides is 1. The number of primary sulfonamides is 1. The van der Waals surface area contributed by atoms with E-state index in [1.807, 2.05) is 0 Å². The summed E-state index contributed by atoms with van der Waals surface area (Å²) in [7, 11) is -3.94. The first-order valence-electron chi connectivity index (χ1n) is 7.89. The first-order valence-corrected chi connectivity index (χ1v) is 10.6. The Morgan fingerprint density at radius 2 is 1.48 bits per heavy atom. The molecule has 0 saturated carbocycles. The summed E-state index contributed by atoms with van der Waals surface area (Å²) in [5, 5.41) is 31.9. The van der Waals surface area contributed by atoms with Crippen molar-refractivity contribution in [3.8, 4) is 0 Å². The Hall–Kier alpha value is -2.71. The average molecular weight is 513 g/mol. The molecule has 31 heavy (non-hydrogen) atoms. The van der Waals surface area contributed by atoms with Gasteiger partial charge in [0.05, 0.1) is 26.4 Å². The molecule has 0 fully saturated rings. The Bertz CT molecular complexity index is 1100. The van der Waals surface area contributed by atoms with Crippen molar-refractivity contribution in [2.24, 2.45) is 5.14 Å². The molecule has 0 aliphatic carbocycles. The van der Waals surface area contributed by atoms with E-state index in [1.54, 1.807) is 0 Å². The van der Waals surface area contributed by atoms with Crippen molar-refractivity contribution >= 4 is 67.8 Å². The van der Waals surface area contributed by atoms with Crippen molar-refractivity contribution in [3.63, 3.8) is 0 Å². The zero-order valence-corrected chi connectivity index (χ0v) is 18.1. The molecule has 0 heterocycles. The molecule has 0 aliphatic rings. The number of hydrogen-bond donors (Lipinski definition) is 3. The molecular weight excluding hydrogens is 501 g/mol. The highest BCUT2D eigenvalue weighted by Crippen LogP contribution is 2.32. The number of carbonyl (C=O) groups excluding carboxylic acids is 1. The number of rotatable bonds is 7. The zero-order chi connectivity index (χ0) is 23.6. The smallest absolute Gasteiger partial charge is 0.277 e.